The molecule has 1 fully saturated rings. The second-order valence-corrected chi connectivity index (χ2v) is 9.04. The number of fused-ring (bicyclic) bond motifs is 1. The number of piperidine rings is 1. The predicted octanol–water partition coefficient (Wildman–Crippen LogP) is 4.90. The van der Waals surface area contributed by atoms with Crippen LogP contribution in [0.4, 0.5) is 5.69 Å². The van der Waals surface area contributed by atoms with E-state index < -0.39 is 0 Å². The highest BCUT2D eigenvalue weighted by atomic mass is 16.2. The topological polar surface area (TPSA) is 80.1 Å². The predicted molar refractivity (Wildman–Crippen MR) is 126 cm³/mol. The van der Waals surface area contributed by atoms with Crippen LogP contribution in [-0.4, -0.2) is 44.1 Å². The van der Waals surface area contributed by atoms with E-state index in [1.54, 1.807) is 12.3 Å². The zero-order chi connectivity index (χ0) is 23.0. The van der Waals surface area contributed by atoms with Crippen molar-refractivity contribution < 1.29 is 9.59 Å². The van der Waals surface area contributed by atoms with Crippen LogP contribution in [-0.2, 0) is 0 Å². The molecule has 3 aromatic rings. The SMILES string of the molecule is Cc1cc(C(=O)N2CCCCC2C)ccc1NC(=O)c1cc2cnn(C(C)C)c2nc1C. The molecular weight excluding hydrogens is 402 g/mol. The Labute approximate surface area is 188 Å². The molecule has 2 amide bonds. The van der Waals surface area contributed by atoms with Gasteiger partial charge in [0.05, 0.1) is 17.5 Å². The normalized spacial score (nSPS) is 16.6. The highest BCUT2D eigenvalue weighted by molar-refractivity contribution is 6.07. The van der Waals surface area contributed by atoms with E-state index in [9.17, 15) is 9.59 Å². The van der Waals surface area contributed by atoms with E-state index in [2.05, 4.69) is 22.3 Å². The second-order valence-electron chi connectivity index (χ2n) is 9.04. The average Bonchev–Trinajstić information content (AvgIpc) is 3.17. The number of nitrogens with zero attached hydrogens (tertiary/aromatic N) is 4. The van der Waals surface area contributed by atoms with Crippen LogP contribution in [0.1, 0.15) is 78.0 Å². The molecule has 1 aromatic carbocycles. The minimum absolute atomic E-state index is 0.0610. The van der Waals surface area contributed by atoms with Crippen molar-refractivity contribution >= 4 is 28.5 Å². The number of aryl methyl sites for hydroxylation is 2. The first-order valence-corrected chi connectivity index (χ1v) is 11.3. The zero-order valence-corrected chi connectivity index (χ0v) is 19.5. The number of nitrogens with one attached hydrogen (secondary N) is 1. The molecule has 0 radical (unpaired) electrons. The van der Waals surface area contributed by atoms with E-state index in [1.807, 2.05) is 55.5 Å². The number of aromatic nitrogens is 3. The highest BCUT2D eigenvalue weighted by Crippen LogP contribution is 2.24. The largest absolute Gasteiger partial charge is 0.336 e. The Balaban J connectivity index is 1.55. The molecule has 1 saturated heterocycles. The van der Waals surface area contributed by atoms with Gasteiger partial charge in [-0.05, 0) is 83.7 Å². The summed E-state index contributed by atoms with van der Waals surface area (Å²) >= 11 is 0. The first-order chi connectivity index (χ1) is 15.3. The number of carbonyl (C=O) groups excluding carboxylic acids is 2. The number of rotatable bonds is 4. The van der Waals surface area contributed by atoms with E-state index in [1.165, 1.54) is 6.42 Å². The summed E-state index contributed by atoms with van der Waals surface area (Å²) in [6.07, 6.45) is 5.02. The van der Waals surface area contributed by atoms with Crippen LogP contribution < -0.4 is 5.32 Å². The van der Waals surface area contributed by atoms with Crippen LogP contribution in [0.3, 0.4) is 0 Å². The first-order valence-electron chi connectivity index (χ1n) is 11.3. The number of likely N-dealkylation sites (tertiary alicyclic amines) is 1. The summed E-state index contributed by atoms with van der Waals surface area (Å²) < 4.78 is 1.85. The molecule has 1 atom stereocenters. The van der Waals surface area contributed by atoms with Crippen LogP contribution in [0.25, 0.3) is 11.0 Å². The lowest BCUT2D eigenvalue weighted by Gasteiger charge is -2.33. The van der Waals surface area contributed by atoms with Crippen molar-refractivity contribution in [1.29, 1.82) is 0 Å². The maximum absolute atomic E-state index is 13.0. The van der Waals surface area contributed by atoms with E-state index in [0.29, 0.717) is 22.5 Å². The Hall–Kier alpha value is -3.22. The minimum atomic E-state index is -0.221. The van der Waals surface area contributed by atoms with Crippen molar-refractivity contribution in [2.24, 2.45) is 0 Å². The fraction of sp³-hybridized carbons (Fsp3) is 0.440. The molecule has 1 unspecified atom stereocenters. The Bertz CT molecular complexity index is 1180. The molecule has 3 heterocycles. The van der Waals surface area contributed by atoms with Crippen LogP contribution in [0.5, 0.6) is 0 Å². The molecule has 0 aliphatic carbocycles. The lowest BCUT2D eigenvalue weighted by atomic mass is 10.0. The van der Waals surface area contributed by atoms with Gasteiger partial charge in [-0.15, -0.1) is 0 Å². The van der Waals surface area contributed by atoms with Gasteiger partial charge in [0.1, 0.15) is 0 Å². The second kappa shape index (κ2) is 8.73. The maximum Gasteiger partial charge on any atom is 0.257 e. The smallest absolute Gasteiger partial charge is 0.257 e. The number of benzene rings is 1. The van der Waals surface area contributed by atoms with E-state index >= 15 is 0 Å². The molecule has 0 bridgehead atoms. The van der Waals surface area contributed by atoms with Gasteiger partial charge in [0, 0.05) is 35.3 Å². The number of pyridine rings is 1. The van der Waals surface area contributed by atoms with Crippen LogP contribution in [0.15, 0.2) is 30.5 Å². The third-order valence-electron chi connectivity index (χ3n) is 6.28. The van der Waals surface area contributed by atoms with Gasteiger partial charge in [-0.2, -0.15) is 5.10 Å². The van der Waals surface area contributed by atoms with Crippen molar-refractivity contribution in [2.45, 2.75) is 66.0 Å². The fourth-order valence-electron chi connectivity index (χ4n) is 4.37. The number of hydrogen-bond acceptors (Lipinski definition) is 4. The lowest BCUT2D eigenvalue weighted by molar-refractivity contribution is 0.0635. The molecule has 1 aliphatic heterocycles. The molecule has 7 heteroatoms. The van der Waals surface area contributed by atoms with Gasteiger partial charge < -0.3 is 10.2 Å². The molecule has 4 rings (SSSR count). The summed E-state index contributed by atoms with van der Waals surface area (Å²) in [5.41, 5.74) is 4.15. The third kappa shape index (κ3) is 4.11. The molecule has 32 heavy (non-hydrogen) atoms. The number of anilines is 1. The van der Waals surface area contributed by atoms with Gasteiger partial charge in [0.15, 0.2) is 5.65 Å². The van der Waals surface area contributed by atoms with Gasteiger partial charge >= 0.3 is 0 Å². The molecule has 0 saturated carbocycles. The fourth-order valence-corrected chi connectivity index (χ4v) is 4.37. The lowest BCUT2D eigenvalue weighted by Crippen LogP contribution is -2.42. The van der Waals surface area contributed by atoms with Crippen molar-refractivity contribution in [3.63, 3.8) is 0 Å². The van der Waals surface area contributed by atoms with E-state index in [0.717, 1.165) is 36.0 Å². The Morgan fingerprint density at radius 2 is 1.94 bits per heavy atom. The van der Waals surface area contributed by atoms with Crippen molar-refractivity contribution in [1.82, 2.24) is 19.7 Å². The van der Waals surface area contributed by atoms with Crippen LogP contribution in [0, 0.1) is 13.8 Å². The first kappa shape index (κ1) is 22.0. The van der Waals surface area contributed by atoms with Crippen LogP contribution >= 0.6 is 0 Å². The standard InChI is InChI=1S/C25H31N5O2/c1-15(2)30-23-20(14-26-30)13-21(18(5)27-23)24(31)28-22-10-9-19(12-16(22)3)25(32)29-11-7-6-8-17(29)4/h9-10,12-15,17H,6-8,11H2,1-5H3,(H,28,31). The summed E-state index contributed by atoms with van der Waals surface area (Å²) in [6.45, 7) is 10.8. The minimum Gasteiger partial charge on any atom is -0.336 e. The number of hydrogen-bond donors (Lipinski definition) is 1. The van der Waals surface area contributed by atoms with Crippen molar-refractivity contribution in [3.8, 4) is 0 Å². The van der Waals surface area contributed by atoms with Gasteiger partial charge in [-0.25, -0.2) is 9.67 Å². The molecule has 2 aromatic heterocycles. The zero-order valence-electron chi connectivity index (χ0n) is 19.5. The van der Waals surface area contributed by atoms with Crippen molar-refractivity contribution in [3.05, 3.63) is 52.8 Å². The summed E-state index contributed by atoms with van der Waals surface area (Å²) in [5.74, 6) is -0.160. The van der Waals surface area contributed by atoms with Gasteiger partial charge in [-0.3, -0.25) is 9.59 Å². The highest BCUT2D eigenvalue weighted by Gasteiger charge is 2.24. The molecule has 1 aliphatic rings. The van der Waals surface area contributed by atoms with E-state index in [-0.39, 0.29) is 23.9 Å². The maximum atomic E-state index is 13.0. The van der Waals surface area contributed by atoms with Gasteiger partial charge in [0.2, 0.25) is 0 Å². The summed E-state index contributed by atoms with van der Waals surface area (Å²) in [7, 11) is 0. The monoisotopic (exact) mass is 433 g/mol. The molecule has 0 spiro atoms. The van der Waals surface area contributed by atoms with Crippen LogP contribution in [0.2, 0.25) is 0 Å². The molecule has 1 N–H and O–H groups in total. The Kier molecular flexibility index (Phi) is 6.00. The summed E-state index contributed by atoms with van der Waals surface area (Å²) in [4.78, 5) is 32.6. The summed E-state index contributed by atoms with van der Waals surface area (Å²) in [6, 6.07) is 7.77. The molecular formula is C25H31N5O2. The summed E-state index contributed by atoms with van der Waals surface area (Å²) in [5, 5.41) is 8.21. The molecule has 168 valence electrons. The number of amides is 2. The van der Waals surface area contributed by atoms with Gasteiger partial charge in [-0.1, -0.05) is 0 Å². The quantitative estimate of drug-likeness (QED) is 0.635. The van der Waals surface area contributed by atoms with Gasteiger partial charge in [0.25, 0.3) is 11.8 Å². The van der Waals surface area contributed by atoms with E-state index in [4.69, 9.17) is 0 Å². The third-order valence-corrected chi connectivity index (χ3v) is 6.28. The van der Waals surface area contributed by atoms with Crippen molar-refractivity contribution in [2.75, 3.05) is 11.9 Å². The number of carbonyl (C=O) groups is 2. The average molecular weight is 434 g/mol. The Morgan fingerprint density at radius 1 is 1.16 bits per heavy atom. The molecule has 7 nitrogen and oxygen atoms in total. The Morgan fingerprint density at radius 3 is 2.62 bits per heavy atom.